The summed E-state index contributed by atoms with van der Waals surface area (Å²) in [5, 5.41) is 11.6. The minimum absolute atomic E-state index is 0.422. The smallest absolute Gasteiger partial charge is 0.208 e. The van der Waals surface area contributed by atoms with Crippen molar-refractivity contribution in [2.24, 2.45) is 5.16 Å². The Morgan fingerprint density at radius 3 is 1.86 bits per heavy atom. The fourth-order valence-electron chi connectivity index (χ4n) is 0.892. The number of hydrogen-bond acceptors (Lipinski definition) is 4. The van der Waals surface area contributed by atoms with E-state index in [1.807, 2.05) is 13.8 Å². The normalized spacial score (nSPS) is 12.2. The first kappa shape index (κ1) is 16.1. The Kier molecular flexibility index (Phi) is 10.5. The summed E-state index contributed by atoms with van der Waals surface area (Å²) in [4.78, 5) is 0. The third kappa shape index (κ3) is 5.36. The molecule has 0 aliphatic heterocycles. The van der Waals surface area contributed by atoms with Gasteiger partial charge in [0.2, 0.25) is 5.79 Å². The van der Waals surface area contributed by atoms with Crippen LogP contribution < -0.4 is 0 Å². The molecule has 0 aliphatic rings. The molecule has 0 rings (SSSR count). The van der Waals surface area contributed by atoms with Gasteiger partial charge in [0.25, 0.3) is 0 Å². The standard InChI is InChI=1S/C8H17NO3.CH6Si/c1-5-11-8(4,12-6-2)7(3)9-10;1-2/h10H,5-6H2,1-4H3;1-2H3. The van der Waals surface area contributed by atoms with Crippen molar-refractivity contribution in [2.75, 3.05) is 13.2 Å². The van der Waals surface area contributed by atoms with Crippen LogP contribution in [0.2, 0.25) is 6.55 Å². The molecule has 0 unspecified atom stereocenters. The second-order valence-corrected chi connectivity index (χ2v) is 2.50. The van der Waals surface area contributed by atoms with Gasteiger partial charge in [0.15, 0.2) is 0 Å². The second-order valence-electron chi connectivity index (χ2n) is 2.50. The summed E-state index contributed by atoms with van der Waals surface area (Å²) in [5.74, 6) is -0.891. The summed E-state index contributed by atoms with van der Waals surface area (Å²) >= 11 is 0. The van der Waals surface area contributed by atoms with E-state index < -0.39 is 5.79 Å². The van der Waals surface area contributed by atoms with E-state index in [4.69, 9.17) is 14.7 Å². The number of rotatable bonds is 5. The van der Waals surface area contributed by atoms with Gasteiger partial charge in [-0.25, -0.2) is 0 Å². The predicted molar refractivity (Wildman–Crippen MR) is 62.4 cm³/mol. The fraction of sp³-hybridized carbons (Fsp3) is 0.889. The zero-order valence-corrected chi connectivity index (χ0v) is 12.1. The summed E-state index contributed by atoms with van der Waals surface area (Å²) in [7, 11) is 1.31. The maximum Gasteiger partial charge on any atom is 0.208 e. The first-order valence-electron chi connectivity index (χ1n) is 5.07. The monoisotopic (exact) mass is 221 g/mol. The van der Waals surface area contributed by atoms with E-state index in [2.05, 4.69) is 11.7 Å². The molecule has 0 saturated carbocycles. The van der Waals surface area contributed by atoms with Crippen molar-refractivity contribution in [1.29, 1.82) is 0 Å². The van der Waals surface area contributed by atoms with Crippen LogP contribution in [0.15, 0.2) is 5.16 Å². The Labute approximate surface area is 89.7 Å². The molecule has 0 atom stereocenters. The molecular formula is C9H23NO3Si. The molecule has 0 radical (unpaired) electrons. The molecule has 86 valence electrons. The molecule has 0 amide bonds. The van der Waals surface area contributed by atoms with Crippen LogP contribution in [0.5, 0.6) is 0 Å². The molecular weight excluding hydrogens is 198 g/mol. The highest BCUT2D eigenvalue weighted by Crippen LogP contribution is 2.14. The molecule has 0 aromatic heterocycles. The highest BCUT2D eigenvalue weighted by Gasteiger charge is 2.29. The second kappa shape index (κ2) is 9.17. The minimum Gasteiger partial charge on any atom is -0.411 e. The van der Waals surface area contributed by atoms with Gasteiger partial charge in [-0.3, -0.25) is 0 Å². The number of hydrogen-bond donors (Lipinski definition) is 1. The quantitative estimate of drug-likeness (QED) is 0.248. The Bertz CT molecular complexity index is 156. The van der Waals surface area contributed by atoms with Crippen molar-refractivity contribution >= 4 is 16.0 Å². The van der Waals surface area contributed by atoms with E-state index in [9.17, 15) is 0 Å². The van der Waals surface area contributed by atoms with Crippen LogP contribution >= 0.6 is 0 Å². The molecule has 0 heterocycles. The van der Waals surface area contributed by atoms with Crippen LogP contribution in [0.3, 0.4) is 0 Å². The molecule has 0 aromatic carbocycles. The van der Waals surface area contributed by atoms with Crippen molar-refractivity contribution in [3.8, 4) is 0 Å². The van der Waals surface area contributed by atoms with Gasteiger partial charge in [-0.15, -0.1) is 0 Å². The Hall–Kier alpha value is -0.393. The zero-order valence-electron chi connectivity index (χ0n) is 10.1. The number of ether oxygens (including phenoxy) is 2. The van der Waals surface area contributed by atoms with Crippen molar-refractivity contribution in [3.63, 3.8) is 0 Å². The largest absolute Gasteiger partial charge is 0.411 e. The van der Waals surface area contributed by atoms with Crippen LogP contribution in [0.25, 0.3) is 0 Å². The summed E-state index contributed by atoms with van der Waals surface area (Å²) in [5.41, 5.74) is 0.422. The SMILES string of the molecule is CCOC(C)(OCC)C(C)=NO.C[SiH3]. The van der Waals surface area contributed by atoms with Gasteiger partial charge in [-0.1, -0.05) is 11.7 Å². The van der Waals surface area contributed by atoms with Crippen molar-refractivity contribution < 1.29 is 14.7 Å². The van der Waals surface area contributed by atoms with Gasteiger partial charge in [0, 0.05) is 13.2 Å². The van der Waals surface area contributed by atoms with Crippen molar-refractivity contribution in [3.05, 3.63) is 0 Å². The summed E-state index contributed by atoms with van der Waals surface area (Å²) in [6.07, 6.45) is 0. The number of oxime groups is 1. The molecule has 0 aromatic rings. The molecule has 5 heteroatoms. The van der Waals surface area contributed by atoms with E-state index >= 15 is 0 Å². The van der Waals surface area contributed by atoms with E-state index in [0.717, 1.165) is 0 Å². The predicted octanol–water partition coefficient (Wildman–Crippen LogP) is 1.03. The summed E-state index contributed by atoms with van der Waals surface area (Å²) < 4.78 is 10.6. The average Bonchev–Trinajstić information content (AvgIpc) is 2.20. The molecule has 0 saturated heterocycles. The molecule has 1 N–H and O–H groups in total. The maximum absolute atomic E-state index is 8.55. The average molecular weight is 221 g/mol. The highest BCUT2D eigenvalue weighted by atomic mass is 28.1. The minimum atomic E-state index is -0.891. The van der Waals surface area contributed by atoms with Crippen molar-refractivity contribution in [2.45, 2.75) is 40.0 Å². The maximum atomic E-state index is 8.55. The van der Waals surface area contributed by atoms with Crippen molar-refractivity contribution in [1.82, 2.24) is 0 Å². The highest BCUT2D eigenvalue weighted by molar-refractivity contribution is 6.05. The molecule has 0 aliphatic carbocycles. The Morgan fingerprint density at radius 1 is 1.29 bits per heavy atom. The van der Waals surface area contributed by atoms with Crippen LogP contribution in [0.1, 0.15) is 27.7 Å². The van der Waals surface area contributed by atoms with Gasteiger partial charge in [0.05, 0.1) is 0 Å². The first-order valence-corrected chi connectivity index (χ1v) is 7.07. The molecule has 0 bridgehead atoms. The van der Waals surface area contributed by atoms with Crippen LogP contribution in [-0.2, 0) is 9.47 Å². The van der Waals surface area contributed by atoms with E-state index in [1.54, 1.807) is 13.8 Å². The lowest BCUT2D eigenvalue weighted by Gasteiger charge is -2.27. The van der Waals surface area contributed by atoms with E-state index in [1.165, 1.54) is 10.2 Å². The lowest BCUT2D eigenvalue weighted by Crippen LogP contribution is -2.40. The summed E-state index contributed by atoms with van der Waals surface area (Å²) in [6.45, 7) is 10.3. The summed E-state index contributed by atoms with van der Waals surface area (Å²) in [6, 6.07) is 0. The molecule has 0 fully saturated rings. The third-order valence-corrected chi connectivity index (χ3v) is 1.65. The van der Waals surface area contributed by atoms with E-state index in [-0.39, 0.29) is 0 Å². The molecule has 4 nitrogen and oxygen atoms in total. The van der Waals surface area contributed by atoms with Gasteiger partial charge >= 0.3 is 0 Å². The van der Waals surface area contributed by atoms with E-state index in [0.29, 0.717) is 18.9 Å². The van der Waals surface area contributed by atoms with Crippen LogP contribution in [-0.4, -0.2) is 40.2 Å². The number of nitrogens with zero attached hydrogens (tertiary/aromatic N) is 1. The first-order chi connectivity index (χ1) is 6.60. The third-order valence-electron chi connectivity index (χ3n) is 1.65. The van der Waals surface area contributed by atoms with Gasteiger partial charge < -0.3 is 14.7 Å². The Morgan fingerprint density at radius 2 is 1.64 bits per heavy atom. The van der Waals surface area contributed by atoms with Gasteiger partial charge in [-0.05, 0) is 37.9 Å². The lowest BCUT2D eigenvalue weighted by atomic mass is 10.2. The van der Waals surface area contributed by atoms with Crippen LogP contribution in [0, 0.1) is 0 Å². The topological polar surface area (TPSA) is 51.0 Å². The molecule has 0 spiro atoms. The van der Waals surface area contributed by atoms with Gasteiger partial charge in [-0.2, -0.15) is 0 Å². The molecule has 14 heavy (non-hydrogen) atoms. The lowest BCUT2D eigenvalue weighted by molar-refractivity contribution is -0.172. The van der Waals surface area contributed by atoms with Gasteiger partial charge in [0.1, 0.15) is 5.71 Å². The fourth-order valence-corrected chi connectivity index (χ4v) is 0.892. The van der Waals surface area contributed by atoms with Crippen LogP contribution in [0.4, 0.5) is 0 Å². The Balaban J connectivity index is 0. The zero-order chi connectivity index (χ0) is 11.6.